The molecule has 0 aliphatic heterocycles. The van der Waals surface area contributed by atoms with Crippen LogP contribution in [0.3, 0.4) is 0 Å². The summed E-state index contributed by atoms with van der Waals surface area (Å²) in [6.07, 6.45) is 11.3. The van der Waals surface area contributed by atoms with E-state index in [0.29, 0.717) is 0 Å². The fourth-order valence-corrected chi connectivity index (χ4v) is 6.22. The molecule has 0 fully saturated rings. The largest absolute Gasteiger partial charge is 3.00 e. The van der Waals surface area contributed by atoms with Crippen molar-refractivity contribution in [3.63, 3.8) is 0 Å². The van der Waals surface area contributed by atoms with Crippen LogP contribution in [0.5, 0.6) is 0 Å². The summed E-state index contributed by atoms with van der Waals surface area (Å²) in [6.45, 7) is 39.8. The molecule has 7 heteroatoms. The monoisotopic (exact) mass is 906 g/mol. The summed E-state index contributed by atoms with van der Waals surface area (Å²) in [6, 6.07) is 25.4. The predicted molar refractivity (Wildman–Crippen MR) is 255 cm³/mol. The number of nitrogens with zero attached hydrogens (tertiary/aromatic N) is 6. The van der Waals surface area contributed by atoms with Gasteiger partial charge < -0.3 is 0 Å². The van der Waals surface area contributed by atoms with Gasteiger partial charge in [0, 0.05) is 37.2 Å². The Morgan fingerprint density at radius 3 is 0.443 bits per heavy atom. The van der Waals surface area contributed by atoms with Crippen molar-refractivity contribution in [2.45, 2.75) is 157 Å². The summed E-state index contributed by atoms with van der Waals surface area (Å²) in [5.74, 6) is 0. The predicted octanol–water partition coefficient (Wildman–Crippen LogP) is 14.2. The molecule has 6 aromatic heterocycles. The van der Waals surface area contributed by atoms with Gasteiger partial charge in [0.05, 0.1) is 34.2 Å². The second-order valence-electron chi connectivity index (χ2n) is 22.1. The van der Waals surface area contributed by atoms with Gasteiger partial charge in [0.2, 0.25) is 0 Å². The van der Waals surface area contributed by atoms with Gasteiger partial charge in [-0.25, -0.2) is 0 Å². The first-order valence-corrected chi connectivity index (χ1v) is 21.3. The van der Waals surface area contributed by atoms with Crippen molar-refractivity contribution >= 4 is 0 Å². The van der Waals surface area contributed by atoms with Crippen molar-refractivity contribution in [2.24, 2.45) is 0 Å². The van der Waals surface area contributed by atoms with Crippen LogP contribution >= 0.6 is 0 Å². The van der Waals surface area contributed by atoms with Gasteiger partial charge in [0.1, 0.15) is 0 Å². The van der Waals surface area contributed by atoms with Gasteiger partial charge in [-0.1, -0.05) is 125 Å². The molecule has 0 aromatic carbocycles. The number of aromatic nitrogens is 6. The van der Waals surface area contributed by atoms with Crippen LogP contribution in [-0.4, -0.2) is 29.9 Å². The Hall–Kier alpha value is -4.48. The van der Waals surface area contributed by atoms with Crippen LogP contribution < -0.4 is 0 Å². The van der Waals surface area contributed by atoms with Gasteiger partial charge in [-0.15, -0.1) is 0 Å². The third-order valence-electron chi connectivity index (χ3n) is 10.5. The molecular weight excluding hydrogens is 834 g/mol. The molecular formula is C54H72N6Ru+3. The van der Waals surface area contributed by atoms with E-state index in [2.05, 4.69) is 227 Å². The first-order chi connectivity index (χ1) is 27.5. The number of hydrogen-bond donors (Lipinski definition) is 0. The Morgan fingerprint density at radius 2 is 0.344 bits per heavy atom. The zero-order valence-corrected chi connectivity index (χ0v) is 42.2. The van der Waals surface area contributed by atoms with Crippen molar-refractivity contribution < 1.29 is 19.5 Å². The molecule has 6 nitrogen and oxygen atoms in total. The Balaban J connectivity index is 0.000000242. The van der Waals surface area contributed by atoms with Crippen molar-refractivity contribution in [1.82, 2.24) is 29.9 Å². The van der Waals surface area contributed by atoms with Crippen molar-refractivity contribution in [3.05, 3.63) is 143 Å². The summed E-state index contributed by atoms with van der Waals surface area (Å²) in [5, 5.41) is 0. The van der Waals surface area contributed by atoms with E-state index in [0.717, 1.165) is 34.2 Å². The first kappa shape index (κ1) is 50.9. The Bertz CT molecular complexity index is 1910. The smallest absolute Gasteiger partial charge is 0.255 e. The summed E-state index contributed by atoms with van der Waals surface area (Å²) in [7, 11) is 0. The zero-order chi connectivity index (χ0) is 44.9. The van der Waals surface area contributed by atoms with Crippen LogP contribution in [0.2, 0.25) is 0 Å². The third kappa shape index (κ3) is 14.8. The molecule has 0 N–H and O–H groups in total. The molecule has 0 saturated carbocycles. The van der Waals surface area contributed by atoms with Crippen LogP contribution in [0.15, 0.2) is 110 Å². The molecule has 0 aliphatic carbocycles. The minimum Gasteiger partial charge on any atom is -0.255 e. The molecule has 0 saturated heterocycles. The quantitative estimate of drug-likeness (QED) is 0.165. The standard InChI is InChI=1S/3C18H24N2.Ru/c3*1-17(2,3)13-7-9-19-15(11-13)16-12-14(8-10-20-16)18(4,5)6;/h3*7-12H,1-6H3;/q;;;+3. The number of hydrogen-bond acceptors (Lipinski definition) is 6. The number of rotatable bonds is 3. The van der Waals surface area contributed by atoms with Crippen molar-refractivity contribution in [2.75, 3.05) is 0 Å². The second kappa shape index (κ2) is 19.7. The maximum Gasteiger partial charge on any atom is 3.00 e. The summed E-state index contributed by atoms with van der Waals surface area (Å²) >= 11 is 0. The molecule has 0 bridgehead atoms. The van der Waals surface area contributed by atoms with E-state index in [9.17, 15) is 0 Å². The van der Waals surface area contributed by atoms with Crippen LogP contribution in [0, 0.1) is 0 Å². The van der Waals surface area contributed by atoms with Gasteiger partial charge in [0.15, 0.2) is 0 Å². The van der Waals surface area contributed by atoms with E-state index in [1.807, 2.05) is 37.2 Å². The summed E-state index contributed by atoms with van der Waals surface area (Å²) in [4.78, 5) is 26.9. The molecule has 6 aromatic rings. The fourth-order valence-electron chi connectivity index (χ4n) is 6.22. The average molecular weight is 906 g/mol. The molecule has 1 radical (unpaired) electrons. The zero-order valence-electron chi connectivity index (χ0n) is 40.4. The van der Waals surface area contributed by atoms with E-state index >= 15 is 0 Å². The van der Waals surface area contributed by atoms with Crippen molar-refractivity contribution in [3.8, 4) is 34.2 Å². The molecule has 323 valence electrons. The van der Waals surface area contributed by atoms with Crippen LogP contribution in [0.4, 0.5) is 0 Å². The molecule has 0 spiro atoms. The second-order valence-corrected chi connectivity index (χ2v) is 22.1. The summed E-state index contributed by atoms with van der Waals surface area (Å²) < 4.78 is 0. The minimum absolute atomic E-state index is 0. The van der Waals surface area contributed by atoms with Crippen LogP contribution in [0.25, 0.3) is 34.2 Å². The van der Waals surface area contributed by atoms with E-state index in [4.69, 9.17) is 0 Å². The molecule has 0 amide bonds. The van der Waals surface area contributed by atoms with E-state index in [1.54, 1.807) is 0 Å². The van der Waals surface area contributed by atoms with Gasteiger partial charge in [-0.2, -0.15) is 0 Å². The van der Waals surface area contributed by atoms with E-state index < -0.39 is 0 Å². The topological polar surface area (TPSA) is 77.3 Å². The van der Waals surface area contributed by atoms with E-state index in [-0.39, 0.29) is 52.0 Å². The van der Waals surface area contributed by atoms with Crippen molar-refractivity contribution in [1.29, 1.82) is 0 Å². The molecule has 61 heavy (non-hydrogen) atoms. The maximum atomic E-state index is 4.48. The SMILES string of the molecule is CC(C)(C)c1ccnc(-c2cc(C(C)(C)C)ccn2)c1.CC(C)(C)c1ccnc(-c2cc(C(C)(C)C)ccn2)c1.CC(C)(C)c1ccnc(-c2cc(C(C)(C)C)ccn2)c1.[Ru+3]. The van der Waals surface area contributed by atoms with Gasteiger partial charge in [-0.3, -0.25) is 29.9 Å². The Labute approximate surface area is 382 Å². The Kier molecular flexibility index (Phi) is 16.4. The van der Waals surface area contributed by atoms with Crippen LogP contribution in [0.1, 0.15) is 158 Å². The van der Waals surface area contributed by atoms with Gasteiger partial charge >= 0.3 is 19.5 Å². The normalized spacial score (nSPS) is 12.3. The van der Waals surface area contributed by atoms with Gasteiger partial charge in [0.25, 0.3) is 0 Å². The molecule has 6 heterocycles. The minimum atomic E-state index is 0. The average Bonchev–Trinajstić information content (AvgIpc) is 3.17. The molecule has 0 atom stereocenters. The Morgan fingerprint density at radius 1 is 0.230 bits per heavy atom. The third-order valence-corrected chi connectivity index (χ3v) is 10.5. The van der Waals surface area contributed by atoms with Crippen LogP contribution in [-0.2, 0) is 52.0 Å². The van der Waals surface area contributed by atoms with Gasteiger partial charge in [-0.05, 0) is 139 Å². The maximum absolute atomic E-state index is 4.48. The molecule has 0 unspecified atom stereocenters. The first-order valence-electron chi connectivity index (χ1n) is 21.3. The van der Waals surface area contributed by atoms with E-state index in [1.165, 1.54) is 33.4 Å². The number of pyridine rings is 6. The molecule has 6 rings (SSSR count). The summed E-state index contributed by atoms with van der Waals surface area (Å²) in [5.41, 5.74) is 14.1. The fraction of sp³-hybridized carbons (Fsp3) is 0.444. The molecule has 0 aliphatic rings.